The van der Waals surface area contributed by atoms with Crippen molar-refractivity contribution < 1.29 is 14.3 Å². The van der Waals surface area contributed by atoms with Gasteiger partial charge in [-0.2, -0.15) is 0 Å². The van der Waals surface area contributed by atoms with E-state index in [1.54, 1.807) is 12.1 Å². The second-order valence-electron chi connectivity index (χ2n) is 6.32. The minimum Gasteiger partial charge on any atom is -0.466 e. The number of amides is 2. The molecule has 8 heteroatoms. The number of carbonyl (C=O) groups excluding carboxylic acids is 2. The van der Waals surface area contributed by atoms with Crippen LogP contribution < -0.4 is 15.4 Å². The summed E-state index contributed by atoms with van der Waals surface area (Å²) < 4.78 is 5.74. The first-order valence-electron chi connectivity index (χ1n) is 8.27. The summed E-state index contributed by atoms with van der Waals surface area (Å²) in [6, 6.07) is 14.9. The number of ether oxygens (including phenoxy) is 1. The average molecular weight is 380 g/mol. The van der Waals surface area contributed by atoms with E-state index >= 15 is 0 Å². The van der Waals surface area contributed by atoms with Gasteiger partial charge in [-0.3, -0.25) is 14.9 Å². The van der Waals surface area contributed by atoms with Crippen LogP contribution in [0.1, 0.15) is 12.5 Å². The smallest absolute Gasteiger partial charge is 0.280 e. The molecule has 0 saturated carbocycles. The molecule has 0 spiro atoms. The molecule has 0 radical (unpaired) electrons. The molecule has 1 aromatic heterocycles. The van der Waals surface area contributed by atoms with Crippen molar-refractivity contribution in [3.63, 3.8) is 0 Å². The van der Waals surface area contributed by atoms with Gasteiger partial charge >= 0.3 is 0 Å². The minimum absolute atomic E-state index is 0.297. The Labute approximate surface area is 159 Å². The predicted octanol–water partition coefficient (Wildman–Crippen LogP) is 3.24. The molecule has 1 aliphatic heterocycles. The molecule has 4 rings (SSSR count). The zero-order valence-corrected chi connectivity index (χ0v) is 15.5. The van der Waals surface area contributed by atoms with Gasteiger partial charge < -0.3 is 10.1 Å². The highest BCUT2D eigenvalue weighted by atomic mass is 32.1. The molecule has 7 nitrogen and oxygen atoms in total. The molecule has 0 bridgehead atoms. The lowest BCUT2D eigenvalue weighted by molar-refractivity contribution is -0.143. The van der Waals surface area contributed by atoms with Gasteiger partial charge in [-0.25, -0.2) is 0 Å². The van der Waals surface area contributed by atoms with Crippen LogP contribution in [0.2, 0.25) is 0 Å². The SMILES string of the molecule is Cc1ccc2c(c1)NC(=O)C(C)(C(=O)Nc1nnc(-c3ccccc3)s1)O2. The van der Waals surface area contributed by atoms with Gasteiger partial charge in [0.15, 0.2) is 0 Å². The van der Waals surface area contributed by atoms with Crippen LogP contribution in [0, 0.1) is 6.92 Å². The number of nitrogens with one attached hydrogen (secondary N) is 2. The second kappa shape index (κ2) is 6.48. The molecule has 0 saturated heterocycles. The summed E-state index contributed by atoms with van der Waals surface area (Å²) in [5, 5.41) is 14.4. The Hall–Kier alpha value is -3.26. The number of hydrogen-bond acceptors (Lipinski definition) is 6. The molecule has 2 aromatic carbocycles. The van der Waals surface area contributed by atoms with Gasteiger partial charge in [0.05, 0.1) is 5.69 Å². The Balaban J connectivity index is 1.55. The van der Waals surface area contributed by atoms with E-state index in [1.807, 2.05) is 43.3 Å². The van der Waals surface area contributed by atoms with Gasteiger partial charge in [-0.15, -0.1) is 10.2 Å². The van der Waals surface area contributed by atoms with Gasteiger partial charge in [0, 0.05) is 5.56 Å². The maximum absolute atomic E-state index is 12.8. The van der Waals surface area contributed by atoms with E-state index in [0.29, 0.717) is 21.6 Å². The van der Waals surface area contributed by atoms with Crippen molar-refractivity contribution in [3.8, 4) is 16.3 Å². The molecule has 136 valence electrons. The lowest BCUT2D eigenvalue weighted by Gasteiger charge is -2.33. The average Bonchev–Trinajstić information content (AvgIpc) is 3.12. The molecule has 1 atom stereocenters. The Morgan fingerprint density at radius 2 is 1.96 bits per heavy atom. The second-order valence-corrected chi connectivity index (χ2v) is 7.30. The fraction of sp³-hybridized carbons (Fsp3) is 0.158. The summed E-state index contributed by atoms with van der Waals surface area (Å²) in [5.74, 6) is -0.701. The largest absolute Gasteiger partial charge is 0.466 e. The number of aromatic nitrogens is 2. The monoisotopic (exact) mass is 380 g/mol. The van der Waals surface area contributed by atoms with Crippen molar-refractivity contribution in [1.29, 1.82) is 0 Å². The molecular formula is C19H16N4O3S. The van der Waals surface area contributed by atoms with Crippen LogP contribution in [0.25, 0.3) is 10.6 Å². The van der Waals surface area contributed by atoms with Crippen LogP contribution >= 0.6 is 11.3 Å². The first-order valence-corrected chi connectivity index (χ1v) is 9.09. The van der Waals surface area contributed by atoms with E-state index in [-0.39, 0.29) is 0 Å². The number of rotatable bonds is 3. The van der Waals surface area contributed by atoms with E-state index < -0.39 is 17.4 Å². The van der Waals surface area contributed by atoms with Crippen molar-refractivity contribution in [3.05, 3.63) is 54.1 Å². The maximum atomic E-state index is 12.8. The van der Waals surface area contributed by atoms with Crippen molar-refractivity contribution >= 4 is 34.0 Å². The first-order chi connectivity index (χ1) is 13.0. The first kappa shape index (κ1) is 17.2. The molecule has 0 fully saturated rings. The molecule has 3 aromatic rings. The van der Waals surface area contributed by atoms with E-state index in [1.165, 1.54) is 18.3 Å². The van der Waals surface area contributed by atoms with Crippen LogP contribution in [-0.4, -0.2) is 27.6 Å². The Morgan fingerprint density at radius 3 is 2.74 bits per heavy atom. The summed E-state index contributed by atoms with van der Waals surface area (Å²) in [6.07, 6.45) is 0. The van der Waals surface area contributed by atoms with Crippen molar-refractivity contribution in [2.75, 3.05) is 10.6 Å². The topological polar surface area (TPSA) is 93.2 Å². The van der Waals surface area contributed by atoms with E-state index in [4.69, 9.17) is 4.74 Å². The van der Waals surface area contributed by atoms with Gasteiger partial charge in [0.2, 0.25) is 5.13 Å². The quantitative estimate of drug-likeness (QED) is 0.681. The predicted molar refractivity (Wildman–Crippen MR) is 103 cm³/mol. The van der Waals surface area contributed by atoms with Crippen molar-refractivity contribution in [2.24, 2.45) is 0 Å². The van der Waals surface area contributed by atoms with E-state index in [0.717, 1.165) is 11.1 Å². The standard InChI is InChI=1S/C19H16N4O3S/c1-11-8-9-14-13(10-11)20-16(24)19(2,26-14)17(25)21-18-23-22-15(27-18)12-6-4-3-5-7-12/h3-10H,1-2H3,(H,20,24)(H,21,23,25). The van der Waals surface area contributed by atoms with Crippen LogP contribution in [0.4, 0.5) is 10.8 Å². The molecule has 2 heterocycles. The fourth-order valence-corrected chi connectivity index (χ4v) is 3.42. The summed E-state index contributed by atoms with van der Waals surface area (Å²) in [5.41, 5.74) is 0.721. The third-order valence-electron chi connectivity index (χ3n) is 4.23. The molecular weight excluding hydrogens is 364 g/mol. The summed E-state index contributed by atoms with van der Waals surface area (Å²) >= 11 is 1.22. The summed E-state index contributed by atoms with van der Waals surface area (Å²) in [7, 11) is 0. The van der Waals surface area contributed by atoms with Crippen molar-refractivity contribution in [1.82, 2.24) is 10.2 Å². The number of benzene rings is 2. The minimum atomic E-state index is -1.71. The number of anilines is 2. The molecule has 27 heavy (non-hydrogen) atoms. The zero-order valence-electron chi connectivity index (χ0n) is 14.6. The van der Waals surface area contributed by atoms with E-state index in [2.05, 4.69) is 20.8 Å². The Morgan fingerprint density at radius 1 is 1.19 bits per heavy atom. The summed E-state index contributed by atoms with van der Waals surface area (Å²) in [6.45, 7) is 3.34. The molecule has 2 amide bonds. The maximum Gasteiger partial charge on any atom is 0.280 e. The third kappa shape index (κ3) is 3.15. The highest BCUT2D eigenvalue weighted by Gasteiger charge is 2.47. The van der Waals surface area contributed by atoms with Crippen LogP contribution in [0.5, 0.6) is 5.75 Å². The van der Waals surface area contributed by atoms with Crippen molar-refractivity contribution in [2.45, 2.75) is 19.4 Å². The highest BCUT2D eigenvalue weighted by Crippen LogP contribution is 2.35. The Kier molecular flexibility index (Phi) is 4.12. The number of fused-ring (bicyclic) bond motifs is 1. The van der Waals surface area contributed by atoms with Crippen LogP contribution in [0.15, 0.2) is 48.5 Å². The summed E-state index contributed by atoms with van der Waals surface area (Å²) in [4.78, 5) is 25.3. The van der Waals surface area contributed by atoms with Crippen LogP contribution in [0.3, 0.4) is 0 Å². The normalized spacial score (nSPS) is 18.2. The fourth-order valence-electron chi connectivity index (χ4n) is 2.68. The van der Waals surface area contributed by atoms with Gasteiger partial charge in [0.1, 0.15) is 10.8 Å². The van der Waals surface area contributed by atoms with Gasteiger partial charge in [-0.05, 0) is 31.5 Å². The third-order valence-corrected chi connectivity index (χ3v) is 5.12. The lowest BCUT2D eigenvalue weighted by atomic mass is 10.0. The highest BCUT2D eigenvalue weighted by molar-refractivity contribution is 7.18. The number of nitrogens with zero attached hydrogens (tertiary/aromatic N) is 2. The molecule has 1 aliphatic rings. The molecule has 0 aliphatic carbocycles. The van der Waals surface area contributed by atoms with Gasteiger partial charge in [0.25, 0.3) is 17.4 Å². The molecule has 2 N–H and O–H groups in total. The molecule has 1 unspecified atom stereocenters. The van der Waals surface area contributed by atoms with Crippen LogP contribution in [-0.2, 0) is 9.59 Å². The number of hydrogen-bond donors (Lipinski definition) is 2. The number of carbonyl (C=O) groups is 2. The Bertz CT molecular complexity index is 1030. The van der Waals surface area contributed by atoms with E-state index in [9.17, 15) is 9.59 Å². The van der Waals surface area contributed by atoms with Gasteiger partial charge in [-0.1, -0.05) is 47.7 Å². The lowest BCUT2D eigenvalue weighted by Crippen LogP contribution is -2.56. The number of aryl methyl sites for hydroxylation is 1. The zero-order chi connectivity index (χ0) is 19.0.